The van der Waals surface area contributed by atoms with E-state index in [1.54, 1.807) is 31.2 Å². The number of ether oxygens (including phenoxy) is 1. The topological polar surface area (TPSA) is 72.5 Å². The van der Waals surface area contributed by atoms with Crippen LogP contribution in [0, 0.1) is 5.92 Å². The number of benzene rings is 1. The van der Waals surface area contributed by atoms with Crippen LogP contribution >= 0.6 is 0 Å². The van der Waals surface area contributed by atoms with Crippen LogP contribution in [0.2, 0.25) is 0 Å². The second-order valence-electron chi connectivity index (χ2n) is 4.47. The number of phenolic OH excluding ortho intramolecular Hbond substituents is 1. The summed E-state index contributed by atoms with van der Waals surface area (Å²) in [4.78, 5) is 10.8. The number of aromatic hydroxyl groups is 1. The molecule has 0 saturated heterocycles. The minimum atomic E-state index is -0.498. The van der Waals surface area contributed by atoms with Gasteiger partial charge in [-0.1, -0.05) is 32.0 Å². The molecule has 0 heterocycles. The lowest BCUT2D eigenvalue weighted by molar-refractivity contribution is -0.145. The van der Waals surface area contributed by atoms with Crippen molar-refractivity contribution in [3.05, 3.63) is 30.3 Å². The fourth-order valence-corrected chi connectivity index (χ4v) is 0.955. The number of rotatable bonds is 4. The maximum absolute atomic E-state index is 10.8. The molecule has 0 aliphatic carbocycles. The van der Waals surface area contributed by atoms with E-state index >= 15 is 0 Å². The SMILES string of the molecule is CC(C)CCOC(=O)C(C)N.Oc1ccccc1. The van der Waals surface area contributed by atoms with Crippen LogP contribution < -0.4 is 5.73 Å². The largest absolute Gasteiger partial charge is 0.508 e. The Morgan fingerprint density at radius 2 is 1.83 bits per heavy atom. The van der Waals surface area contributed by atoms with Gasteiger partial charge in [0.05, 0.1) is 6.61 Å². The van der Waals surface area contributed by atoms with Gasteiger partial charge < -0.3 is 15.6 Å². The molecule has 0 bridgehead atoms. The number of phenols is 1. The van der Waals surface area contributed by atoms with Gasteiger partial charge in [-0.3, -0.25) is 4.79 Å². The Kier molecular flexibility index (Phi) is 8.66. The van der Waals surface area contributed by atoms with Gasteiger partial charge in [0.2, 0.25) is 0 Å². The first-order valence-corrected chi connectivity index (χ1v) is 6.09. The predicted molar refractivity (Wildman–Crippen MR) is 72.2 cm³/mol. The fourth-order valence-electron chi connectivity index (χ4n) is 0.955. The van der Waals surface area contributed by atoms with Crippen LogP contribution in [-0.4, -0.2) is 23.7 Å². The van der Waals surface area contributed by atoms with Crippen LogP contribution in [0.25, 0.3) is 0 Å². The van der Waals surface area contributed by atoms with Crippen molar-refractivity contribution >= 4 is 5.97 Å². The van der Waals surface area contributed by atoms with Crippen molar-refractivity contribution in [2.45, 2.75) is 33.2 Å². The smallest absolute Gasteiger partial charge is 0.322 e. The molecule has 0 fully saturated rings. The van der Waals surface area contributed by atoms with E-state index in [1.807, 2.05) is 6.07 Å². The van der Waals surface area contributed by atoms with Gasteiger partial charge in [-0.2, -0.15) is 0 Å². The van der Waals surface area contributed by atoms with Crippen molar-refractivity contribution in [2.75, 3.05) is 6.61 Å². The lowest BCUT2D eigenvalue weighted by Crippen LogP contribution is -2.29. The maximum Gasteiger partial charge on any atom is 0.322 e. The maximum atomic E-state index is 10.8. The number of hydrogen-bond acceptors (Lipinski definition) is 4. The van der Waals surface area contributed by atoms with E-state index in [-0.39, 0.29) is 5.97 Å². The summed E-state index contributed by atoms with van der Waals surface area (Å²) in [6.07, 6.45) is 0.901. The molecule has 0 spiro atoms. The number of para-hydroxylation sites is 1. The highest BCUT2D eigenvalue weighted by Crippen LogP contribution is 2.02. The first-order valence-electron chi connectivity index (χ1n) is 6.09. The molecular weight excluding hydrogens is 230 g/mol. The Hall–Kier alpha value is -1.55. The molecule has 0 amide bonds. The highest BCUT2D eigenvalue weighted by Gasteiger charge is 2.07. The third-order valence-corrected chi connectivity index (χ3v) is 2.07. The molecular formula is C14H23NO3. The summed E-state index contributed by atoms with van der Waals surface area (Å²) in [5.41, 5.74) is 5.28. The van der Waals surface area contributed by atoms with Crippen molar-refractivity contribution in [3.8, 4) is 5.75 Å². The fraction of sp³-hybridized carbons (Fsp3) is 0.500. The summed E-state index contributed by atoms with van der Waals surface area (Å²) in [6.45, 7) is 6.27. The van der Waals surface area contributed by atoms with Crippen LogP contribution in [-0.2, 0) is 9.53 Å². The number of carbonyl (C=O) groups excluding carboxylic acids is 1. The van der Waals surface area contributed by atoms with E-state index in [2.05, 4.69) is 13.8 Å². The summed E-state index contributed by atoms with van der Waals surface area (Å²) in [5.74, 6) is 0.573. The first kappa shape index (κ1) is 16.4. The van der Waals surface area contributed by atoms with E-state index in [9.17, 15) is 4.79 Å². The monoisotopic (exact) mass is 253 g/mol. The zero-order valence-corrected chi connectivity index (χ0v) is 11.3. The molecule has 18 heavy (non-hydrogen) atoms. The summed E-state index contributed by atoms with van der Waals surface area (Å²) >= 11 is 0. The zero-order chi connectivity index (χ0) is 14.0. The molecule has 1 aromatic carbocycles. The molecule has 0 aromatic heterocycles. The third-order valence-electron chi connectivity index (χ3n) is 2.07. The van der Waals surface area contributed by atoms with Crippen LogP contribution in [0.1, 0.15) is 27.2 Å². The van der Waals surface area contributed by atoms with Gasteiger partial charge in [0.25, 0.3) is 0 Å². The molecule has 4 heteroatoms. The molecule has 1 aromatic rings. The quantitative estimate of drug-likeness (QED) is 0.808. The second kappa shape index (κ2) is 9.48. The van der Waals surface area contributed by atoms with Crippen LogP contribution in [0.4, 0.5) is 0 Å². The molecule has 1 unspecified atom stereocenters. The molecule has 0 aliphatic rings. The summed E-state index contributed by atoms with van der Waals surface area (Å²) < 4.78 is 4.85. The van der Waals surface area contributed by atoms with Crippen LogP contribution in [0.3, 0.4) is 0 Å². The first-order chi connectivity index (χ1) is 8.43. The van der Waals surface area contributed by atoms with Crippen molar-refractivity contribution < 1.29 is 14.6 Å². The number of hydrogen-bond donors (Lipinski definition) is 2. The van der Waals surface area contributed by atoms with Gasteiger partial charge in [-0.25, -0.2) is 0 Å². The van der Waals surface area contributed by atoms with E-state index in [4.69, 9.17) is 15.6 Å². The van der Waals surface area contributed by atoms with Crippen molar-refractivity contribution in [2.24, 2.45) is 11.7 Å². The average molecular weight is 253 g/mol. The van der Waals surface area contributed by atoms with E-state index < -0.39 is 6.04 Å². The van der Waals surface area contributed by atoms with Crippen molar-refractivity contribution in [1.29, 1.82) is 0 Å². The van der Waals surface area contributed by atoms with E-state index in [1.165, 1.54) is 0 Å². The predicted octanol–water partition coefficient (Wildman–Crippen LogP) is 2.32. The van der Waals surface area contributed by atoms with Gasteiger partial charge in [0, 0.05) is 0 Å². The normalized spacial score (nSPS) is 11.4. The molecule has 0 radical (unpaired) electrons. The van der Waals surface area contributed by atoms with Crippen molar-refractivity contribution in [3.63, 3.8) is 0 Å². The van der Waals surface area contributed by atoms with Crippen LogP contribution in [0.5, 0.6) is 5.75 Å². The van der Waals surface area contributed by atoms with Crippen LogP contribution in [0.15, 0.2) is 30.3 Å². The Labute approximate surface area is 109 Å². The van der Waals surface area contributed by atoms with Gasteiger partial charge in [0.15, 0.2) is 0 Å². The molecule has 0 aliphatic heterocycles. The van der Waals surface area contributed by atoms with Gasteiger partial charge >= 0.3 is 5.97 Å². The Morgan fingerprint density at radius 1 is 1.28 bits per heavy atom. The zero-order valence-electron chi connectivity index (χ0n) is 11.3. The number of carbonyl (C=O) groups is 1. The summed E-state index contributed by atoms with van der Waals surface area (Å²) in [7, 11) is 0. The third kappa shape index (κ3) is 9.66. The molecule has 1 rings (SSSR count). The van der Waals surface area contributed by atoms with Gasteiger partial charge in [-0.05, 0) is 31.4 Å². The van der Waals surface area contributed by atoms with Gasteiger partial charge in [-0.15, -0.1) is 0 Å². The molecule has 3 N–H and O–H groups in total. The minimum Gasteiger partial charge on any atom is -0.508 e. The minimum absolute atomic E-state index is 0.314. The van der Waals surface area contributed by atoms with E-state index in [0.717, 1.165) is 6.42 Å². The Morgan fingerprint density at radius 3 is 2.17 bits per heavy atom. The lowest BCUT2D eigenvalue weighted by Gasteiger charge is -2.07. The highest BCUT2D eigenvalue weighted by molar-refractivity contribution is 5.74. The van der Waals surface area contributed by atoms with Crippen molar-refractivity contribution in [1.82, 2.24) is 0 Å². The highest BCUT2D eigenvalue weighted by atomic mass is 16.5. The number of esters is 1. The van der Waals surface area contributed by atoms with Gasteiger partial charge in [0.1, 0.15) is 11.8 Å². The Balaban J connectivity index is 0.000000351. The second-order valence-corrected chi connectivity index (χ2v) is 4.47. The molecule has 102 valence electrons. The average Bonchev–Trinajstić information content (AvgIpc) is 2.30. The molecule has 0 saturated carbocycles. The molecule has 1 atom stereocenters. The summed E-state index contributed by atoms with van der Waals surface area (Å²) in [5, 5.41) is 8.63. The van der Waals surface area contributed by atoms with E-state index in [0.29, 0.717) is 18.3 Å². The lowest BCUT2D eigenvalue weighted by atomic mass is 10.1. The number of nitrogens with two attached hydrogens (primary N) is 1. The standard InChI is InChI=1S/C8H17NO2.C6H6O/c1-6(2)4-5-11-8(10)7(3)9;7-6-4-2-1-3-5-6/h6-7H,4-5,9H2,1-3H3;1-5,7H. The molecule has 4 nitrogen and oxygen atoms in total. The Bertz CT molecular complexity index is 323. The summed E-state index contributed by atoms with van der Waals surface area (Å²) in [6, 6.07) is 8.21.